The number of halogens is 3. The van der Waals surface area contributed by atoms with Crippen molar-refractivity contribution < 1.29 is 41.8 Å². The molecule has 1 aromatic rings. The third-order valence-corrected chi connectivity index (χ3v) is 3.61. The van der Waals surface area contributed by atoms with Crippen molar-refractivity contribution in [2.45, 2.75) is 51.7 Å². The standard InChI is InChI=1S/C18H22F3NO6/c1-9(2)11-6-5-7-12(10(3)4)14(11)27-17(25)26-8-13(22)15(23)28-16(24)18(19,20)21/h5-7,9-10,13H,8,22H2,1-4H3. The van der Waals surface area contributed by atoms with E-state index < -0.39 is 36.9 Å². The van der Waals surface area contributed by atoms with Crippen molar-refractivity contribution in [2.75, 3.05) is 6.61 Å². The summed E-state index contributed by atoms with van der Waals surface area (Å²) >= 11 is 0. The molecule has 0 radical (unpaired) electrons. The molecule has 1 unspecified atom stereocenters. The van der Waals surface area contributed by atoms with Crippen LogP contribution in [0.1, 0.15) is 50.7 Å². The van der Waals surface area contributed by atoms with E-state index in [1.165, 1.54) is 0 Å². The SMILES string of the molecule is CC(C)c1cccc(C(C)C)c1OC(=O)OCC(N)C(=O)OC(=O)C(F)(F)F. The summed E-state index contributed by atoms with van der Waals surface area (Å²) in [4.78, 5) is 33.9. The van der Waals surface area contributed by atoms with Crippen molar-refractivity contribution in [3.8, 4) is 5.75 Å². The third-order valence-electron chi connectivity index (χ3n) is 3.61. The zero-order valence-corrected chi connectivity index (χ0v) is 15.8. The van der Waals surface area contributed by atoms with E-state index >= 15 is 0 Å². The lowest BCUT2D eigenvalue weighted by Crippen LogP contribution is -2.41. The summed E-state index contributed by atoms with van der Waals surface area (Å²) in [6.07, 6.45) is -6.54. The molecule has 7 nitrogen and oxygen atoms in total. The Morgan fingerprint density at radius 2 is 1.54 bits per heavy atom. The van der Waals surface area contributed by atoms with E-state index in [0.29, 0.717) is 5.75 Å². The maximum Gasteiger partial charge on any atom is 0.513 e. The fourth-order valence-corrected chi connectivity index (χ4v) is 2.16. The fraction of sp³-hybridized carbons (Fsp3) is 0.500. The van der Waals surface area contributed by atoms with Gasteiger partial charge in [-0.3, -0.25) is 0 Å². The number of alkyl halides is 3. The molecule has 0 saturated carbocycles. The average Bonchev–Trinajstić information content (AvgIpc) is 2.58. The van der Waals surface area contributed by atoms with Gasteiger partial charge in [0.1, 0.15) is 18.4 Å². The number of rotatable bonds is 6. The molecule has 0 heterocycles. The van der Waals surface area contributed by atoms with E-state index in [2.05, 4.69) is 9.47 Å². The van der Waals surface area contributed by atoms with Crippen LogP contribution in [0.5, 0.6) is 5.75 Å². The maximum atomic E-state index is 12.1. The van der Waals surface area contributed by atoms with Gasteiger partial charge in [-0.05, 0) is 23.0 Å². The summed E-state index contributed by atoms with van der Waals surface area (Å²) in [6.45, 7) is 6.79. The predicted molar refractivity (Wildman–Crippen MR) is 91.7 cm³/mol. The van der Waals surface area contributed by atoms with Gasteiger partial charge in [0.05, 0.1) is 0 Å². The average molecular weight is 405 g/mol. The first-order valence-electron chi connectivity index (χ1n) is 8.40. The lowest BCUT2D eigenvalue weighted by molar-refractivity contribution is -0.202. The third kappa shape index (κ3) is 6.52. The largest absolute Gasteiger partial charge is 0.513 e. The molecular formula is C18H22F3NO6. The topological polar surface area (TPSA) is 105 Å². The van der Waals surface area contributed by atoms with Crippen LogP contribution in [0.25, 0.3) is 0 Å². The summed E-state index contributed by atoms with van der Waals surface area (Å²) < 4.78 is 49.7. The van der Waals surface area contributed by atoms with E-state index in [-0.39, 0.29) is 11.8 Å². The molecule has 10 heteroatoms. The Kier molecular flexibility index (Phi) is 7.98. The van der Waals surface area contributed by atoms with E-state index in [0.717, 1.165) is 11.1 Å². The zero-order valence-electron chi connectivity index (χ0n) is 15.8. The van der Waals surface area contributed by atoms with Crippen molar-refractivity contribution in [2.24, 2.45) is 5.73 Å². The molecule has 0 aliphatic heterocycles. The molecule has 0 spiro atoms. The lowest BCUT2D eigenvalue weighted by atomic mass is 9.94. The molecule has 1 atom stereocenters. The van der Waals surface area contributed by atoms with Crippen LogP contribution < -0.4 is 10.5 Å². The van der Waals surface area contributed by atoms with Crippen LogP contribution in [0.4, 0.5) is 18.0 Å². The molecule has 156 valence electrons. The highest BCUT2D eigenvalue weighted by molar-refractivity contribution is 5.90. The van der Waals surface area contributed by atoms with Gasteiger partial charge in [-0.25, -0.2) is 14.4 Å². The molecule has 1 aromatic carbocycles. The molecule has 0 fully saturated rings. The van der Waals surface area contributed by atoms with Crippen LogP contribution in [-0.4, -0.2) is 36.9 Å². The summed E-state index contributed by atoms with van der Waals surface area (Å²) in [5, 5.41) is 0. The first-order valence-corrected chi connectivity index (χ1v) is 8.40. The number of nitrogens with two attached hydrogens (primary N) is 1. The minimum Gasteiger partial charge on any atom is -0.432 e. The van der Waals surface area contributed by atoms with Gasteiger partial charge in [-0.15, -0.1) is 0 Å². The van der Waals surface area contributed by atoms with Gasteiger partial charge < -0.3 is 19.9 Å². The van der Waals surface area contributed by atoms with Crippen molar-refractivity contribution in [3.63, 3.8) is 0 Å². The number of carbonyl (C=O) groups is 3. The van der Waals surface area contributed by atoms with Crippen LogP contribution in [0.15, 0.2) is 18.2 Å². The monoisotopic (exact) mass is 405 g/mol. The number of carbonyl (C=O) groups excluding carboxylic acids is 3. The van der Waals surface area contributed by atoms with Gasteiger partial charge in [0.25, 0.3) is 0 Å². The number of hydrogen-bond acceptors (Lipinski definition) is 7. The van der Waals surface area contributed by atoms with Crippen molar-refractivity contribution >= 4 is 18.1 Å². The van der Waals surface area contributed by atoms with E-state index in [1.54, 1.807) is 12.1 Å². The van der Waals surface area contributed by atoms with Crippen LogP contribution in [0.3, 0.4) is 0 Å². The molecule has 0 aromatic heterocycles. The van der Waals surface area contributed by atoms with Crippen molar-refractivity contribution in [1.82, 2.24) is 0 Å². The van der Waals surface area contributed by atoms with Crippen molar-refractivity contribution in [1.29, 1.82) is 0 Å². The highest BCUT2D eigenvalue weighted by Gasteiger charge is 2.43. The second-order valence-electron chi connectivity index (χ2n) is 6.55. The van der Waals surface area contributed by atoms with Crippen LogP contribution in [-0.2, 0) is 19.1 Å². The molecule has 0 aliphatic rings. The Bertz CT molecular complexity index is 704. The van der Waals surface area contributed by atoms with Gasteiger partial charge in [-0.2, -0.15) is 13.2 Å². The van der Waals surface area contributed by atoms with E-state index in [4.69, 9.17) is 10.5 Å². The zero-order chi connectivity index (χ0) is 21.6. The molecule has 28 heavy (non-hydrogen) atoms. The van der Waals surface area contributed by atoms with Crippen LogP contribution >= 0.6 is 0 Å². The Hall–Kier alpha value is -2.62. The van der Waals surface area contributed by atoms with Crippen LogP contribution in [0.2, 0.25) is 0 Å². The second kappa shape index (κ2) is 9.54. The molecule has 0 bridgehead atoms. The van der Waals surface area contributed by atoms with Gasteiger partial charge >= 0.3 is 24.3 Å². The smallest absolute Gasteiger partial charge is 0.432 e. The van der Waals surface area contributed by atoms with Gasteiger partial charge in [0, 0.05) is 0 Å². The Labute approximate surface area is 159 Å². The maximum absolute atomic E-state index is 12.1. The quantitative estimate of drug-likeness (QED) is 0.439. The van der Waals surface area contributed by atoms with E-state index in [9.17, 15) is 27.6 Å². The lowest BCUT2D eigenvalue weighted by Gasteiger charge is -2.19. The fourth-order valence-electron chi connectivity index (χ4n) is 2.16. The van der Waals surface area contributed by atoms with Gasteiger partial charge in [-0.1, -0.05) is 45.9 Å². The van der Waals surface area contributed by atoms with Gasteiger partial charge in [0.2, 0.25) is 0 Å². The summed E-state index contributed by atoms with van der Waals surface area (Å²) in [5.41, 5.74) is 6.78. The number of benzene rings is 1. The minimum atomic E-state index is -5.34. The number of esters is 2. The molecule has 0 saturated heterocycles. The molecule has 1 rings (SSSR count). The molecule has 2 N–H and O–H groups in total. The molecule has 0 amide bonds. The first-order chi connectivity index (χ1) is 12.8. The Morgan fingerprint density at radius 3 is 1.96 bits per heavy atom. The normalized spacial score (nSPS) is 12.6. The Balaban J connectivity index is 2.76. The summed E-state index contributed by atoms with van der Waals surface area (Å²) in [5.74, 6) is -4.01. The number of para-hydroxylation sites is 1. The van der Waals surface area contributed by atoms with Gasteiger partial charge in [0.15, 0.2) is 0 Å². The summed E-state index contributed by atoms with van der Waals surface area (Å²) in [6, 6.07) is 3.60. The first kappa shape index (κ1) is 23.4. The summed E-state index contributed by atoms with van der Waals surface area (Å²) in [7, 11) is 0. The highest BCUT2D eigenvalue weighted by atomic mass is 19.4. The predicted octanol–water partition coefficient (Wildman–Crippen LogP) is 3.41. The molecule has 0 aliphatic carbocycles. The Morgan fingerprint density at radius 1 is 1.04 bits per heavy atom. The number of hydrogen-bond donors (Lipinski definition) is 1. The highest BCUT2D eigenvalue weighted by Crippen LogP contribution is 2.34. The minimum absolute atomic E-state index is 0.0344. The van der Waals surface area contributed by atoms with E-state index in [1.807, 2.05) is 33.8 Å². The second-order valence-corrected chi connectivity index (χ2v) is 6.55. The number of ether oxygens (including phenoxy) is 3. The van der Waals surface area contributed by atoms with Crippen LogP contribution in [0, 0.1) is 0 Å². The molecular weight excluding hydrogens is 383 g/mol. The van der Waals surface area contributed by atoms with Crippen molar-refractivity contribution in [3.05, 3.63) is 29.3 Å².